The van der Waals surface area contributed by atoms with Crippen molar-refractivity contribution in [3.63, 3.8) is 0 Å². The first-order valence-electron chi connectivity index (χ1n) is 3.84. The number of anilines is 1. The van der Waals surface area contributed by atoms with Gasteiger partial charge in [0.1, 0.15) is 0 Å². The second-order valence-electron chi connectivity index (χ2n) is 2.81. The minimum absolute atomic E-state index is 0.948. The standard InChI is InChI=1S/C10H8BrN/c1-2-7-5-8-3-4-12-10(8)9(11)6-7/h1,5-6,12H,3-4H2. The van der Waals surface area contributed by atoms with Crippen molar-refractivity contribution in [3.05, 3.63) is 27.7 Å². The molecule has 0 spiro atoms. The first-order chi connectivity index (χ1) is 5.81. The third-order valence-electron chi connectivity index (χ3n) is 2.03. The van der Waals surface area contributed by atoms with Gasteiger partial charge in [0, 0.05) is 16.6 Å². The molecule has 1 aliphatic heterocycles. The fourth-order valence-corrected chi connectivity index (χ4v) is 2.11. The summed E-state index contributed by atoms with van der Waals surface area (Å²) in [4.78, 5) is 0. The summed E-state index contributed by atoms with van der Waals surface area (Å²) < 4.78 is 1.07. The number of rotatable bonds is 0. The quantitative estimate of drug-likeness (QED) is 0.664. The van der Waals surface area contributed by atoms with Crippen LogP contribution in [-0.2, 0) is 6.42 Å². The number of hydrogen-bond acceptors (Lipinski definition) is 1. The highest BCUT2D eigenvalue weighted by Gasteiger charge is 2.13. The van der Waals surface area contributed by atoms with Gasteiger partial charge < -0.3 is 5.32 Å². The Morgan fingerprint density at radius 1 is 1.50 bits per heavy atom. The zero-order valence-electron chi connectivity index (χ0n) is 6.52. The van der Waals surface area contributed by atoms with Gasteiger partial charge in [-0.15, -0.1) is 6.42 Å². The molecule has 1 heterocycles. The largest absolute Gasteiger partial charge is 0.384 e. The normalized spacial score (nSPS) is 13.3. The van der Waals surface area contributed by atoms with Crippen LogP contribution in [0.3, 0.4) is 0 Å². The molecule has 0 atom stereocenters. The van der Waals surface area contributed by atoms with Gasteiger partial charge in [-0.2, -0.15) is 0 Å². The minimum Gasteiger partial charge on any atom is -0.384 e. The van der Waals surface area contributed by atoms with Crippen LogP contribution < -0.4 is 5.32 Å². The van der Waals surface area contributed by atoms with E-state index in [2.05, 4.69) is 33.2 Å². The topological polar surface area (TPSA) is 12.0 Å². The Morgan fingerprint density at radius 3 is 3.08 bits per heavy atom. The third kappa shape index (κ3) is 1.11. The Kier molecular flexibility index (Phi) is 1.82. The summed E-state index contributed by atoms with van der Waals surface area (Å²) in [6, 6.07) is 4.04. The maximum Gasteiger partial charge on any atom is 0.0518 e. The van der Waals surface area contributed by atoms with Crippen molar-refractivity contribution in [1.82, 2.24) is 0 Å². The van der Waals surface area contributed by atoms with Crippen LogP contribution in [0.4, 0.5) is 5.69 Å². The first-order valence-corrected chi connectivity index (χ1v) is 4.63. The van der Waals surface area contributed by atoms with Crippen molar-refractivity contribution in [2.45, 2.75) is 6.42 Å². The van der Waals surface area contributed by atoms with E-state index in [4.69, 9.17) is 6.42 Å². The van der Waals surface area contributed by atoms with Crippen molar-refractivity contribution in [2.75, 3.05) is 11.9 Å². The van der Waals surface area contributed by atoms with E-state index in [1.165, 1.54) is 11.3 Å². The molecule has 0 saturated heterocycles. The smallest absolute Gasteiger partial charge is 0.0518 e. The Bertz CT molecular complexity index is 363. The summed E-state index contributed by atoms with van der Waals surface area (Å²) in [5.41, 5.74) is 3.47. The average Bonchev–Trinajstić information content (AvgIpc) is 2.52. The molecule has 0 aliphatic carbocycles. The molecule has 1 N–H and O–H groups in total. The van der Waals surface area contributed by atoms with Crippen molar-refractivity contribution in [1.29, 1.82) is 0 Å². The van der Waals surface area contributed by atoms with Crippen LogP contribution in [0, 0.1) is 12.3 Å². The van der Waals surface area contributed by atoms with E-state index in [9.17, 15) is 0 Å². The highest BCUT2D eigenvalue weighted by molar-refractivity contribution is 9.10. The molecule has 12 heavy (non-hydrogen) atoms. The van der Waals surface area contributed by atoms with Crippen LogP contribution in [-0.4, -0.2) is 6.54 Å². The molecule has 1 aliphatic rings. The van der Waals surface area contributed by atoms with Gasteiger partial charge in [0.2, 0.25) is 0 Å². The molecule has 0 aromatic heterocycles. The maximum atomic E-state index is 5.32. The number of halogens is 1. The second-order valence-corrected chi connectivity index (χ2v) is 3.67. The zero-order valence-corrected chi connectivity index (χ0v) is 8.11. The number of hydrogen-bond donors (Lipinski definition) is 1. The number of fused-ring (bicyclic) bond motifs is 1. The highest BCUT2D eigenvalue weighted by Crippen LogP contribution is 2.31. The van der Waals surface area contributed by atoms with Gasteiger partial charge in [0.25, 0.3) is 0 Å². The lowest BCUT2D eigenvalue weighted by atomic mass is 10.1. The molecule has 2 heteroatoms. The SMILES string of the molecule is C#Cc1cc(Br)c2c(c1)CCN2. The molecule has 0 amide bonds. The van der Waals surface area contributed by atoms with Gasteiger partial charge >= 0.3 is 0 Å². The van der Waals surface area contributed by atoms with E-state index in [-0.39, 0.29) is 0 Å². The molecule has 0 bridgehead atoms. The molecule has 0 radical (unpaired) electrons. The van der Waals surface area contributed by atoms with Crippen molar-refractivity contribution >= 4 is 21.6 Å². The summed E-state index contributed by atoms with van der Waals surface area (Å²) in [5.74, 6) is 2.64. The second kappa shape index (κ2) is 2.84. The van der Waals surface area contributed by atoms with Crippen LogP contribution in [0.1, 0.15) is 11.1 Å². The van der Waals surface area contributed by atoms with Gasteiger partial charge in [-0.05, 0) is 40.0 Å². The van der Waals surface area contributed by atoms with Gasteiger partial charge in [0.05, 0.1) is 5.69 Å². The predicted molar refractivity (Wildman–Crippen MR) is 54.3 cm³/mol. The van der Waals surface area contributed by atoms with Crippen LogP contribution in [0.25, 0.3) is 0 Å². The lowest BCUT2D eigenvalue weighted by molar-refractivity contribution is 1.11. The first kappa shape index (κ1) is 7.70. The molecule has 2 rings (SSSR count). The van der Waals surface area contributed by atoms with E-state index >= 15 is 0 Å². The molecular weight excluding hydrogens is 214 g/mol. The fraction of sp³-hybridized carbons (Fsp3) is 0.200. The summed E-state index contributed by atoms with van der Waals surface area (Å²) >= 11 is 3.48. The Hall–Kier alpha value is -0.940. The predicted octanol–water partition coefficient (Wildman–Crippen LogP) is 2.40. The van der Waals surface area contributed by atoms with E-state index < -0.39 is 0 Å². The molecule has 1 aromatic rings. The third-order valence-corrected chi connectivity index (χ3v) is 2.66. The Morgan fingerprint density at radius 2 is 2.33 bits per heavy atom. The lowest BCUT2D eigenvalue weighted by Gasteiger charge is -2.03. The van der Waals surface area contributed by atoms with Crippen LogP contribution in [0.2, 0.25) is 0 Å². The van der Waals surface area contributed by atoms with E-state index in [0.717, 1.165) is 23.0 Å². The van der Waals surface area contributed by atoms with Gasteiger partial charge in [0.15, 0.2) is 0 Å². The monoisotopic (exact) mass is 221 g/mol. The Balaban J connectivity index is 2.60. The van der Waals surface area contributed by atoms with Crippen LogP contribution >= 0.6 is 15.9 Å². The number of terminal acetylenes is 1. The van der Waals surface area contributed by atoms with Gasteiger partial charge in [-0.1, -0.05) is 5.92 Å². The number of nitrogens with one attached hydrogen (secondary N) is 1. The highest BCUT2D eigenvalue weighted by atomic mass is 79.9. The summed E-state index contributed by atoms with van der Waals surface area (Å²) in [7, 11) is 0. The zero-order chi connectivity index (χ0) is 8.55. The molecule has 0 fully saturated rings. The lowest BCUT2D eigenvalue weighted by Crippen LogP contribution is -1.91. The molecular formula is C10H8BrN. The minimum atomic E-state index is 0.948. The summed E-state index contributed by atoms with van der Waals surface area (Å²) in [6.45, 7) is 1.02. The maximum absolute atomic E-state index is 5.32. The average molecular weight is 222 g/mol. The van der Waals surface area contributed by atoms with E-state index in [0.29, 0.717) is 0 Å². The van der Waals surface area contributed by atoms with Gasteiger partial charge in [-0.25, -0.2) is 0 Å². The molecule has 1 aromatic carbocycles. The van der Waals surface area contributed by atoms with Gasteiger partial charge in [-0.3, -0.25) is 0 Å². The fourth-order valence-electron chi connectivity index (χ4n) is 1.46. The van der Waals surface area contributed by atoms with E-state index in [1.807, 2.05) is 6.07 Å². The molecule has 0 saturated carbocycles. The summed E-state index contributed by atoms with van der Waals surface area (Å²) in [5, 5.41) is 3.30. The number of benzene rings is 1. The van der Waals surface area contributed by atoms with Crippen molar-refractivity contribution in [2.24, 2.45) is 0 Å². The van der Waals surface area contributed by atoms with E-state index in [1.54, 1.807) is 0 Å². The van der Waals surface area contributed by atoms with Crippen LogP contribution in [0.5, 0.6) is 0 Å². The van der Waals surface area contributed by atoms with Crippen molar-refractivity contribution in [3.8, 4) is 12.3 Å². The van der Waals surface area contributed by atoms with Crippen LogP contribution in [0.15, 0.2) is 16.6 Å². The molecule has 60 valence electrons. The molecule has 1 nitrogen and oxygen atoms in total. The Labute approximate surface area is 80.3 Å². The summed E-state index contributed by atoms with van der Waals surface area (Å²) in [6.07, 6.45) is 6.39. The molecule has 0 unspecified atom stereocenters. The van der Waals surface area contributed by atoms with Crippen molar-refractivity contribution < 1.29 is 0 Å².